The number of alkyl halides is 1. The Balaban J connectivity index is 1.79. The van der Waals surface area contributed by atoms with Gasteiger partial charge in [-0.05, 0) is 5.56 Å². The second-order valence-electron chi connectivity index (χ2n) is 5.51. The molecule has 5 heteroatoms. The Labute approximate surface area is 115 Å². The Morgan fingerprint density at radius 3 is 2.47 bits per heavy atom. The van der Waals surface area contributed by atoms with E-state index in [0.717, 1.165) is 5.56 Å². The van der Waals surface area contributed by atoms with Crippen molar-refractivity contribution >= 4 is 17.7 Å². The molecule has 0 amide bonds. The van der Waals surface area contributed by atoms with Gasteiger partial charge in [0.05, 0.1) is 0 Å². The van der Waals surface area contributed by atoms with Crippen LogP contribution in [0.5, 0.6) is 0 Å². The molecule has 1 atom stereocenters. The fourth-order valence-corrected chi connectivity index (χ4v) is 4.34. The van der Waals surface area contributed by atoms with Crippen molar-refractivity contribution in [1.29, 1.82) is 0 Å². The topological polar surface area (TPSA) is 40.5 Å². The van der Waals surface area contributed by atoms with Crippen molar-refractivity contribution in [3.05, 3.63) is 35.9 Å². The molecular weight excluding hydrogens is 265 g/mol. The molecular formula is C14H16FNO2S. The fraction of sp³-hybridized carbons (Fsp3) is 0.500. The van der Waals surface area contributed by atoms with Crippen LogP contribution in [0.2, 0.25) is 0 Å². The van der Waals surface area contributed by atoms with Crippen LogP contribution >= 0.6 is 11.8 Å². The summed E-state index contributed by atoms with van der Waals surface area (Å²) in [5.41, 5.74) is -1.68. The lowest BCUT2D eigenvalue weighted by molar-refractivity contribution is -0.156. The maximum Gasteiger partial charge on any atom is 0.343 e. The first-order chi connectivity index (χ1) is 9.06. The first kappa shape index (κ1) is 12.9. The molecule has 2 aliphatic rings. The summed E-state index contributed by atoms with van der Waals surface area (Å²) in [6.45, 7) is 1.15. The highest BCUT2D eigenvalue weighted by molar-refractivity contribution is 8.00. The summed E-state index contributed by atoms with van der Waals surface area (Å²) in [5, 5.41) is 9.25. The average molecular weight is 281 g/mol. The second-order valence-corrected chi connectivity index (χ2v) is 6.50. The molecule has 19 heavy (non-hydrogen) atoms. The maximum absolute atomic E-state index is 14.8. The average Bonchev–Trinajstić information content (AvgIpc) is 2.65. The molecule has 3 nitrogen and oxygen atoms in total. The number of carbonyl (C=O) groups is 1. The normalized spacial score (nSPS) is 29.3. The van der Waals surface area contributed by atoms with Gasteiger partial charge in [-0.25, -0.2) is 9.18 Å². The summed E-state index contributed by atoms with van der Waals surface area (Å²) in [6.07, 6.45) is 0. The number of rotatable bonds is 3. The maximum atomic E-state index is 14.8. The monoisotopic (exact) mass is 281 g/mol. The molecule has 2 heterocycles. The van der Waals surface area contributed by atoms with E-state index in [-0.39, 0.29) is 6.54 Å². The van der Waals surface area contributed by atoms with E-state index in [1.807, 2.05) is 35.2 Å². The third-order valence-electron chi connectivity index (χ3n) is 4.15. The van der Waals surface area contributed by atoms with Crippen LogP contribution in [-0.2, 0) is 11.3 Å². The van der Waals surface area contributed by atoms with Crippen LogP contribution in [0.4, 0.5) is 4.39 Å². The number of halogens is 1. The third kappa shape index (κ3) is 1.96. The van der Waals surface area contributed by atoms with Gasteiger partial charge in [0.2, 0.25) is 5.67 Å². The quantitative estimate of drug-likeness (QED) is 0.920. The molecule has 1 N–H and O–H groups in total. The lowest BCUT2D eigenvalue weighted by Gasteiger charge is -2.43. The van der Waals surface area contributed by atoms with Gasteiger partial charge in [0, 0.05) is 36.6 Å². The Kier molecular flexibility index (Phi) is 3.06. The molecule has 0 saturated carbocycles. The highest BCUT2D eigenvalue weighted by Gasteiger charge is 2.66. The first-order valence-electron chi connectivity index (χ1n) is 6.32. The minimum atomic E-state index is -2.09. The molecule has 1 unspecified atom stereocenters. The van der Waals surface area contributed by atoms with E-state index in [1.165, 1.54) is 0 Å². The highest BCUT2D eigenvalue weighted by Crippen LogP contribution is 2.53. The number of nitrogens with zero attached hydrogens (tertiary/aromatic N) is 1. The predicted molar refractivity (Wildman–Crippen MR) is 73.0 cm³/mol. The van der Waals surface area contributed by atoms with Crippen molar-refractivity contribution in [1.82, 2.24) is 4.90 Å². The van der Waals surface area contributed by atoms with Gasteiger partial charge >= 0.3 is 5.97 Å². The number of likely N-dealkylation sites (tertiary alicyclic amines) is 1. The first-order valence-corrected chi connectivity index (χ1v) is 7.48. The SMILES string of the molecule is O=C(O)C1(F)CN(Cc2ccccc2)CC12CSC2. The van der Waals surface area contributed by atoms with Crippen LogP contribution < -0.4 is 0 Å². The Morgan fingerprint density at radius 1 is 1.32 bits per heavy atom. The van der Waals surface area contributed by atoms with Gasteiger partial charge in [-0.15, -0.1) is 0 Å². The van der Waals surface area contributed by atoms with Crippen LogP contribution in [0.3, 0.4) is 0 Å². The molecule has 1 aromatic rings. The molecule has 0 radical (unpaired) electrons. The smallest absolute Gasteiger partial charge is 0.343 e. The Morgan fingerprint density at radius 2 is 2.00 bits per heavy atom. The van der Waals surface area contributed by atoms with Gasteiger partial charge in [0.1, 0.15) is 0 Å². The molecule has 0 aliphatic carbocycles. The van der Waals surface area contributed by atoms with Crippen molar-refractivity contribution in [3.8, 4) is 0 Å². The zero-order valence-corrected chi connectivity index (χ0v) is 11.3. The summed E-state index contributed by atoms with van der Waals surface area (Å²) >= 11 is 1.63. The highest BCUT2D eigenvalue weighted by atomic mass is 32.2. The largest absolute Gasteiger partial charge is 0.479 e. The van der Waals surface area contributed by atoms with Gasteiger partial charge < -0.3 is 5.11 Å². The fourth-order valence-electron chi connectivity index (χ4n) is 3.00. The molecule has 0 bridgehead atoms. The summed E-state index contributed by atoms with van der Waals surface area (Å²) in [7, 11) is 0. The van der Waals surface area contributed by atoms with Crippen molar-refractivity contribution in [3.63, 3.8) is 0 Å². The lowest BCUT2D eigenvalue weighted by Crippen LogP contribution is -2.57. The molecule has 2 saturated heterocycles. The van der Waals surface area contributed by atoms with Gasteiger partial charge in [-0.1, -0.05) is 30.3 Å². The summed E-state index contributed by atoms with van der Waals surface area (Å²) < 4.78 is 14.8. The lowest BCUT2D eigenvalue weighted by atomic mass is 9.78. The minimum absolute atomic E-state index is 0.00219. The second kappa shape index (κ2) is 4.49. The zero-order chi connectivity index (χ0) is 13.5. The minimum Gasteiger partial charge on any atom is -0.479 e. The van der Waals surface area contributed by atoms with Gasteiger partial charge in [-0.3, -0.25) is 4.90 Å². The molecule has 0 aromatic heterocycles. The summed E-state index contributed by atoms with van der Waals surface area (Å²) in [4.78, 5) is 13.3. The van der Waals surface area contributed by atoms with E-state index in [0.29, 0.717) is 24.6 Å². The van der Waals surface area contributed by atoms with Crippen LogP contribution in [0.15, 0.2) is 30.3 Å². The molecule has 2 fully saturated rings. The van der Waals surface area contributed by atoms with Crippen molar-refractivity contribution in [2.24, 2.45) is 5.41 Å². The van der Waals surface area contributed by atoms with Crippen LogP contribution in [0, 0.1) is 5.41 Å². The zero-order valence-electron chi connectivity index (χ0n) is 10.5. The standard InChI is InChI=1S/C14H16FNO2S/c15-14(12(17)18)8-16(7-13(14)9-19-10-13)6-11-4-2-1-3-5-11/h1-5H,6-10H2,(H,17,18). The van der Waals surface area contributed by atoms with E-state index in [1.54, 1.807) is 11.8 Å². The third-order valence-corrected chi connectivity index (χ3v) is 5.67. The number of benzene rings is 1. The van der Waals surface area contributed by atoms with Gasteiger partial charge in [0.15, 0.2) is 0 Å². The van der Waals surface area contributed by atoms with E-state index in [2.05, 4.69) is 0 Å². The number of hydrogen-bond acceptors (Lipinski definition) is 3. The van der Waals surface area contributed by atoms with Crippen LogP contribution in [0.1, 0.15) is 5.56 Å². The van der Waals surface area contributed by atoms with E-state index < -0.39 is 17.1 Å². The summed E-state index contributed by atoms with van der Waals surface area (Å²) in [6, 6.07) is 9.80. The van der Waals surface area contributed by atoms with E-state index in [4.69, 9.17) is 0 Å². The molecule has 2 aliphatic heterocycles. The number of aliphatic carboxylic acids is 1. The van der Waals surface area contributed by atoms with Gasteiger partial charge in [-0.2, -0.15) is 11.8 Å². The predicted octanol–water partition coefficient (Wildman–Crippen LogP) is 2.03. The number of carboxylic acid groups (broad SMARTS) is 1. The molecule has 1 spiro atoms. The van der Waals surface area contributed by atoms with Crippen molar-refractivity contribution in [2.75, 3.05) is 24.6 Å². The number of thioether (sulfide) groups is 1. The van der Waals surface area contributed by atoms with E-state index >= 15 is 0 Å². The molecule has 3 rings (SSSR count). The Bertz CT molecular complexity index is 491. The number of carboxylic acids is 1. The summed E-state index contributed by atoms with van der Waals surface area (Å²) in [5.74, 6) is -0.0781. The van der Waals surface area contributed by atoms with Crippen LogP contribution in [0.25, 0.3) is 0 Å². The van der Waals surface area contributed by atoms with Crippen molar-refractivity contribution in [2.45, 2.75) is 12.2 Å². The van der Waals surface area contributed by atoms with E-state index in [9.17, 15) is 14.3 Å². The molecule has 102 valence electrons. The van der Waals surface area contributed by atoms with Crippen molar-refractivity contribution < 1.29 is 14.3 Å². The molecule has 1 aromatic carbocycles. The number of hydrogen-bond donors (Lipinski definition) is 1. The Hall–Kier alpha value is -1.07. The van der Waals surface area contributed by atoms with Crippen LogP contribution in [-0.4, -0.2) is 46.2 Å². The van der Waals surface area contributed by atoms with Gasteiger partial charge in [0.25, 0.3) is 0 Å².